The second-order valence-electron chi connectivity index (χ2n) is 8.70. The Hall–Kier alpha value is -2.93. The molecule has 2 heterocycles. The Morgan fingerprint density at radius 2 is 1.78 bits per heavy atom. The summed E-state index contributed by atoms with van der Waals surface area (Å²) in [7, 11) is 1.65. The first-order valence-corrected chi connectivity index (χ1v) is 10.9. The van der Waals surface area contributed by atoms with Crippen LogP contribution in [0, 0.1) is 11.7 Å². The zero-order valence-corrected chi connectivity index (χ0v) is 18.2. The van der Waals surface area contributed by atoms with Crippen LogP contribution in [0.4, 0.5) is 10.1 Å². The highest BCUT2D eigenvalue weighted by atomic mass is 19.1. The maximum atomic E-state index is 15.2. The van der Waals surface area contributed by atoms with Gasteiger partial charge in [-0.3, -0.25) is 9.74 Å². The van der Waals surface area contributed by atoms with E-state index in [4.69, 9.17) is 15.3 Å². The van der Waals surface area contributed by atoms with E-state index in [2.05, 4.69) is 29.2 Å². The van der Waals surface area contributed by atoms with Gasteiger partial charge in [-0.05, 0) is 41.5 Å². The van der Waals surface area contributed by atoms with Gasteiger partial charge in [0.05, 0.1) is 25.8 Å². The van der Waals surface area contributed by atoms with Gasteiger partial charge in [0.15, 0.2) is 0 Å². The molecule has 166 valence electrons. The van der Waals surface area contributed by atoms with Gasteiger partial charge in [-0.2, -0.15) is 5.06 Å². The summed E-state index contributed by atoms with van der Waals surface area (Å²) in [6, 6.07) is 23.2. The van der Waals surface area contributed by atoms with Crippen LogP contribution in [0.3, 0.4) is 0 Å². The number of anilines is 1. The van der Waals surface area contributed by atoms with Crippen LogP contribution in [0.2, 0.25) is 0 Å². The Balaban J connectivity index is 1.50. The Bertz CT molecular complexity index is 1080. The van der Waals surface area contributed by atoms with E-state index < -0.39 is 5.54 Å². The molecule has 0 bridgehead atoms. The van der Waals surface area contributed by atoms with Gasteiger partial charge in [-0.15, -0.1) is 0 Å². The molecule has 2 fully saturated rings. The van der Waals surface area contributed by atoms with Gasteiger partial charge in [-0.25, -0.2) is 4.39 Å². The number of nitrogens with zero attached hydrogens (tertiary/aromatic N) is 2. The quantitative estimate of drug-likeness (QED) is 0.591. The van der Waals surface area contributed by atoms with E-state index in [0.717, 1.165) is 24.4 Å². The fourth-order valence-corrected chi connectivity index (χ4v) is 5.13. The van der Waals surface area contributed by atoms with Crippen molar-refractivity contribution in [3.63, 3.8) is 0 Å². The minimum Gasteiger partial charge on any atom is -0.497 e. The zero-order chi connectivity index (χ0) is 22.1. The molecule has 6 heteroatoms. The van der Waals surface area contributed by atoms with Gasteiger partial charge >= 0.3 is 0 Å². The number of hydrogen-bond acceptors (Lipinski definition) is 5. The molecule has 32 heavy (non-hydrogen) atoms. The number of halogens is 1. The van der Waals surface area contributed by atoms with Crippen LogP contribution in [-0.4, -0.2) is 36.8 Å². The number of rotatable bonds is 6. The molecule has 5 nitrogen and oxygen atoms in total. The number of ether oxygens (including phenoxy) is 1. The van der Waals surface area contributed by atoms with Gasteiger partial charge in [0, 0.05) is 36.8 Å². The van der Waals surface area contributed by atoms with Crippen LogP contribution in [0.5, 0.6) is 5.75 Å². The monoisotopic (exact) mass is 433 g/mol. The molecule has 2 saturated heterocycles. The highest BCUT2D eigenvalue weighted by molar-refractivity contribution is 5.45. The zero-order valence-electron chi connectivity index (χ0n) is 18.2. The Kier molecular flexibility index (Phi) is 5.59. The number of likely N-dealkylation sites (tertiary alicyclic amines) is 1. The lowest BCUT2D eigenvalue weighted by molar-refractivity contribution is -0.178. The summed E-state index contributed by atoms with van der Waals surface area (Å²) in [6.07, 6.45) is 0. The third kappa shape index (κ3) is 3.75. The predicted molar refractivity (Wildman–Crippen MR) is 122 cm³/mol. The molecule has 2 aliphatic heterocycles. The van der Waals surface area contributed by atoms with Gasteiger partial charge in [0.2, 0.25) is 0 Å². The predicted octanol–water partition coefficient (Wildman–Crippen LogP) is 4.19. The van der Waals surface area contributed by atoms with Crippen molar-refractivity contribution >= 4 is 5.69 Å². The molecule has 0 aliphatic carbocycles. The van der Waals surface area contributed by atoms with Crippen molar-refractivity contribution < 1.29 is 14.0 Å². The lowest BCUT2D eigenvalue weighted by atomic mass is 9.80. The third-order valence-corrected chi connectivity index (χ3v) is 6.69. The lowest BCUT2D eigenvalue weighted by Crippen LogP contribution is -2.46. The van der Waals surface area contributed by atoms with E-state index in [1.54, 1.807) is 19.2 Å². The standard InChI is InChI=1S/C26H28FN3O2/c1-31-23-10-7-20(8-11-23)15-30-26(24-13-22(28)9-12-25(24)27)18-29(16-21(26)17-32-30)14-19-5-3-2-4-6-19/h2-13,21H,14-18,28H2,1H3/t21?,26-/m0/s1. The van der Waals surface area contributed by atoms with Crippen molar-refractivity contribution in [1.29, 1.82) is 0 Å². The van der Waals surface area contributed by atoms with Crippen LogP contribution in [-0.2, 0) is 23.5 Å². The van der Waals surface area contributed by atoms with E-state index in [-0.39, 0.29) is 11.7 Å². The van der Waals surface area contributed by atoms with Crippen LogP contribution in [0.1, 0.15) is 16.7 Å². The van der Waals surface area contributed by atoms with Crippen LogP contribution in [0.25, 0.3) is 0 Å². The Morgan fingerprint density at radius 1 is 1.03 bits per heavy atom. The average molecular weight is 434 g/mol. The molecule has 0 radical (unpaired) electrons. The molecule has 2 atom stereocenters. The van der Waals surface area contributed by atoms with E-state index in [9.17, 15) is 0 Å². The Labute approximate surface area is 188 Å². The van der Waals surface area contributed by atoms with Crippen molar-refractivity contribution in [3.8, 4) is 5.75 Å². The minimum atomic E-state index is -0.603. The fraction of sp³-hybridized carbons (Fsp3) is 0.308. The molecule has 0 amide bonds. The first kappa shape index (κ1) is 20.9. The molecule has 3 aromatic rings. The topological polar surface area (TPSA) is 51.0 Å². The third-order valence-electron chi connectivity index (χ3n) is 6.69. The van der Waals surface area contributed by atoms with Crippen molar-refractivity contribution in [1.82, 2.24) is 9.96 Å². The SMILES string of the molecule is COc1ccc(CN2OCC3CN(Cc4ccccc4)C[C@@]32c2cc(N)ccc2F)cc1. The molecule has 5 rings (SSSR count). The van der Waals surface area contributed by atoms with Gasteiger partial charge in [0.25, 0.3) is 0 Å². The van der Waals surface area contributed by atoms with Gasteiger partial charge in [0.1, 0.15) is 11.6 Å². The fourth-order valence-electron chi connectivity index (χ4n) is 5.13. The van der Waals surface area contributed by atoms with Crippen molar-refractivity contribution in [2.45, 2.75) is 18.6 Å². The van der Waals surface area contributed by atoms with Crippen LogP contribution < -0.4 is 10.5 Å². The van der Waals surface area contributed by atoms with Crippen LogP contribution in [0.15, 0.2) is 72.8 Å². The van der Waals surface area contributed by atoms with E-state index in [1.807, 2.05) is 35.4 Å². The molecule has 0 spiro atoms. The van der Waals surface area contributed by atoms with E-state index in [1.165, 1.54) is 11.6 Å². The maximum absolute atomic E-state index is 15.2. The summed E-state index contributed by atoms with van der Waals surface area (Å²) in [5.41, 5.74) is 9.01. The summed E-state index contributed by atoms with van der Waals surface area (Å²) < 4.78 is 20.5. The lowest BCUT2D eigenvalue weighted by Gasteiger charge is -2.37. The van der Waals surface area contributed by atoms with Gasteiger partial charge in [-0.1, -0.05) is 42.5 Å². The summed E-state index contributed by atoms with van der Waals surface area (Å²) in [5, 5.41) is 1.97. The summed E-state index contributed by atoms with van der Waals surface area (Å²) in [4.78, 5) is 8.59. The molecular formula is C26H28FN3O2. The molecule has 3 aromatic carbocycles. The molecule has 1 unspecified atom stereocenters. The number of hydroxylamine groups is 2. The summed E-state index contributed by atoms with van der Waals surface area (Å²) in [5.74, 6) is 0.706. The highest BCUT2D eigenvalue weighted by Crippen LogP contribution is 2.49. The maximum Gasteiger partial charge on any atom is 0.128 e. The first-order valence-electron chi connectivity index (χ1n) is 10.9. The molecule has 0 saturated carbocycles. The number of nitrogen functional groups attached to an aromatic ring is 1. The average Bonchev–Trinajstić information content (AvgIpc) is 3.33. The van der Waals surface area contributed by atoms with Crippen molar-refractivity contribution in [2.75, 3.05) is 32.5 Å². The molecule has 2 N–H and O–H groups in total. The van der Waals surface area contributed by atoms with E-state index in [0.29, 0.717) is 30.9 Å². The second-order valence-corrected chi connectivity index (χ2v) is 8.70. The molecular weight excluding hydrogens is 405 g/mol. The molecule has 0 aromatic heterocycles. The number of nitrogens with two attached hydrogens (primary N) is 1. The summed E-state index contributed by atoms with van der Waals surface area (Å²) >= 11 is 0. The number of fused-ring (bicyclic) bond motifs is 1. The van der Waals surface area contributed by atoms with Crippen molar-refractivity contribution in [2.24, 2.45) is 5.92 Å². The molecule has 2 aliphatic rings. The smallest absolute Gasteiger partial charge is 0.128 e. The van der Waals surface area contributed by atoms with Gasteiger partial charge < -0.3 is 10.5 Å². The normalized spacial score (nSPS) is 23.4. The highest BCUT2D eigenvalue weighted by Gasteiger charge is 2.57. The second kappa shape index (κ2) is 8.54. The number of hydrogen-bond donors (Lipinski definition) is 1. The van der Waals surface area contributed by atoms with Crippen LogP contribution >= 0.6 is 0 Å². The summed E-state index contributed by atoms with van der Waals surface area (Å²) in [6.45, 7) is 3.42. The Morgan fingerprint density at radius 3 is 2.53 bits per heavy atom. The first-order chi connectivity index (χ1) is 15.6. The van der Waals surface area contributed by atoms with Crippen molar-refractivity contribution in [3.05, 3.63) is 95.3 Å². The minimum absolute atomic E-state index is 0.140. The number of benzene rings is 3. The number of methoxy groups -OCH3 is 1. The van der Waals surface area contributed by atoms with E-state index >= 15 is 4.39 Å². The largest absolute Gasteiger partial charge is 0.497 e.